The third-order valence-corrected chi connectivity index (χ3v) is 4.07. The van der Waals surface area contributed by atoms with Crippen LogP contribution in [0.25, 0.3) is 0 Å². The van der Waals surface area contributed by atoms with E-state index in [4.69, 9.17) is 15.7 Å². The molecule has 0 N–H and O–H groups in total. The largest absolute Gasteiger partial charge is 0.368 e. The maximum Gasteiger partial charge on any atom is 0.276 e. The number of carbonyl (C=O) groups is 1. The van der Waals surface area contributed by atoms with Crippen molar-refractivity contribution in [1.29, 1.82) is 0 Å². The highest BCUT2D eigenvalue weighted by Gasteiger charge is 2.31. The Balaban J connectivity index is 1.56. The molecule has 1 saturated heterocycles. The summed E-state index contributed by atoms with van der Waals surface area (Å²) < 4.78 is 10.7. The molecule has 1 saturated carbocycles. The van der Waals surface area contributed by atoms with Crippen LogP contribution in [-0.4, -0.2) is 42.3 Å². The molecule has 0 unspecified atom stereocenters. The lowest BCUT2D eigenvalue weighted by Crippen LogP contribution is -2.41. The van der Waals surface area contributed by atoms with Gasteiger partial charge >= 0.3 is 0 Å². The van der Waals surface area contributed by atoms with Crippen LogP contribution in [0.3, 0.4) is 0 Å². The highest BCUT2D eigenvalue weighted by Crippen LogP contribution is 2.40. The molecule has 2 fully saturated rings. The number of amides is 1. The van der Waals surface area contributed by atoms with Crippen LogP contribution in [0, 0.1) is 18.3 Å². The van der Waals surface area contributed by atoms with Crippen molar-refractivity contribution in [2.75, 3.05) is 26.3 Å². The molecule has 1 aliphatic heterocycles. The van der Waals surface area contributed by atoms with Crippen molar-refractivity contribution in [2.24, 2.45) is 5.92 Å². The fraction of sp³-hybridized carbons (Fsp3) is 0.625. The lowest BCUT2D eigenvalue weighted by Gasteiger charge is -2.31. The van der Waals surface area contributed by atoms with Crippen LogP contribution in [0.1, 0.15) is 47.8 Å². The van der Waals surface area contributed by atoms with E-state index >= 15 is 0 Å². The van der Waals surface area contributed by atoms with Gasteiger partial charge < -0.3 is 14.2 Å². The molecule has 21 heavy (non-hydrogen) atoms. The van der Waals surface area contributed by atoms with E-state index in [0.717, 1.165) is 38.0 Å². The number of piperidine rings is 1. The Morgan fingerprint density at radius 3 is 3.14 bits per heavy atom. The molecular weight excluding hydrogens is 268 g/mol. The summed E-state index contributed by atoms with van der Waals surface area (Å²) in [7, 11) is 0. The predicted octanol–water partition coefficient (Wildman–Crippen LogP) is 2.05. The van der Waals surface area contributed by atoms with E-state index in [1.54, 1.807) is 6.07 Å². The second-order valence-corrected chi connectivity index (χ2v) is 5.87. The van der Waals surface area contributed by atoms with Gasteiger partial charge in [-0.25, -0.2) is 0 Å². The van der Waals surface area contributed by atoms with Gasteiger partial charge in [0.25, 0.3) is 5.91 Å². The molecule has 1 atom stereocenters. The third kappa shape index (κ3) is 3.45. The van der Waals surface area contributed by atoms with Crippen molar-refractivity contribution >= 4 is 5.91 Å². The number of hydrogen-bond acceptors (Lipinski definition) is 4. The fourth-order valence-corrected chi connectivity index (χ4v) is 2.78. The van der Waals surface area contributed by atoms with Crippen molar-refractivity contribution in [2.45, 2.75) is 31.6 Å². The fourth-order valence-electron chi connectivity index (χ4n) is 2.78. The van der Waals surface area contributed by atoms with Crippen molar-refractivity contribution in [3.8, 4) is 12.3 Å². The van der Waals surface area contributed by atoms with Gasteiger partial charge in [0, 0.05) is 31.0 Å². The van der Waals surface area contributed by atoms with Crippen LogP contribution in [0.15, 0.2) is 10.6 Å². The Labute approximate surface area is 124 Å². The number of carbonyl (C=O) groups excluding carboxylic acids is 1. The third-order valence-electron chi connectivity index (χ3n) is 4.07. The van der Waals surface area contributed by atoms with E-state index in [1.165, 1.54) is 0 Å². The summed E-state index contributed by atoms with van der Waals surface area (Å²) in [6.07, 6.45) is 9.51. The molecular formula is C16H20N2O3. The lowest BCUT2D eigenvalue weighted by molar-refractivity contribution is 0.0526. The second-order valence-electron chi connectivity index (χ2n) is 5.87. The van der Waals surface area contributed by atoms with Gasteiger partial charge in [-0.2, -0.15) is 0 Å². The van der Waals surface area contributed by atoms with Gasteiger partial charge in [0.1, 0.15) is 12.4 Å². The highest BCUT2D eigenvalue weighted by molar-refractivity contribution is 5.92. The second kappa shape index (κ2) is 6.31. The summed E-state index contributed by atoms with van der Waals surface area (Å²) in [4.78, 5) is 14.3. The number of hydrogen-bond donors (Lipinski definition) is 0. The standard InChI is InChI=1S/C16H20N2O3/c1-2-8-20-11-12-4-3-7-18(10-12)16(19)14-9-15(21-17-14)13-5-6-13/h1,9,12-13H,3-8,10-11H2/t12-/m1/s1. The number of ether oxygens (including phenoxy) is 1. The Kier molecular flexibility index (Phi) is 4.26. The summed E-state index contributed by atoms with van der Waals surface area (Å²) in [5.41, 5.74) is 0.432. The number of nitrogens with zero attached hydrogens (tertiary/aromatic N) is 2. The van der Waals surface area contributed by atoms with Gasteiger partial charge in [-0.05, 0) is 25.7 Å². The van der Waals surface area contributed by atoms with E-state index in [2.05, 4.69) is 11.1 Å². The van der Waals surface area contributed by atoms with E-state index < -0.39 is 0 Å². The van der Waals surface area contributed by atoms with Gasteiger partial charge in [-0.3, -0.25) is 4.79 Å². The summed E-state index contributed by atoms with van der Waals surface area (Å²) in [6.45, 7) is 2.42. The molecule has 1 aromatic rings. The smallest absolute Gasteiger partial charge is 0.276 e. The molecule has 0 spiro atoms. The minimum atomic E-state index is -0.0349. The van der Waals surface area contributed by atoms with Crippen molar-refractivity contribution in [3.05, 3.63) is 17.5 Å². The molecule has 2 aliphatic rings. The molecule has 0 aromatic carbocycles. The quantitative estimate of drug-likeness (QED) is 0.614. The maximum atomic E-state index is 12.5. The molecule has 2 heterocycles. The summed E-state index contributed by atoms with van der Waals surface area (Å²) >= 11 is 0. The Bertz CT molecular complexity index is 542. The summed E-state index contributed by atoms with van der Waals surface area (Å²) in [6, 6.07) is 1.80. The minimum absolute atomic E-state index is 0.0349. The van der Waals surface area contributed by atoms with E-state index in [9.17, 15) is 4.79 Å². The number of rotatable bonds is 5. The van der Waals surface area contributed by atoms with Crippen LogP contribution in [0.2, 0.25) is 0 Å². The first-order valence-corrected chi connectivity index (χ1v) is 7.55. The molecule has 1 aromatic heterocycles. The Hall–Kier alpha value is -1.80. The first kappa shape index (κ1) is 14.2. The summed E-state index contributed by atoms with van der Waals surface area (Å²) in [5.74, 6) is 4.11. The number of aromatic nitrogens is 1. The monoisotopic (exact) mass is 288 g/mol. The normalized spacial score (nSPS) is 22.0. The molecule has 3 rings (SSSR count). The maximum absolute atomic E-state index is 12.5. The first-order chi connectivity index (χ1) is 10.3. The highest BCUT2D eigenvalue weighted by atomic mass is 16.5. The number of likely N-dealkylation sites (tertiary alicyclic amines) is 1. The van der Waals surface area contributed by atoms with E-state index in [1.807, 2.05) is 4.90 Å². The SMILES string of the molecule is C#CCOC[C@@H]1CCCN(C(=O)c2cc(C3CC3)on2)C1. The van der Waals surface area contributed by atoms with Gasteiger partial charge in [-0.1, -0.05) is 11.1 Å². The minimum Gasteiger partial charge on any atom is -0.368 e. The van der Waals surface area contributed by atoms with Gasteiger partial charge in [0.15, 0.2) is 5.69 Å². The molecule has 0 radical (unpaired) electrons. The van der Waals surface area contributed by atoms with Crippen molar-refractivity contribution in [3.63, 3.8) is 0 Å². The average molecular weight is 288 g/mol. The molecule has 1 amide bonds. The molecule has 5 heteroatoms. The van der Waals surface area contributed by atoms with E-state index in [-0.39, 0.29) is 5.91 Å². The Morgan fingerprint density at radius 1 is 1.52 bits per heavy atom. The zero-order chi connectivity index (χ0) is 14.7. The molecule has 0 bridgehead atoms. The molecule has 1 aliphatic carbocycles. The summed E-state index contributed by atoms with van der Waals surface area (Å²) in [5, 5.41) is 3.93. The zero-order valence-corrected chi connectivity index (χ0v) is 12.1. The Morgan fingerprint density at radius 2 is 2.38 bits per heavy atom. The molecule has 5 nitrogen and oxygen atoms in total. The lowest BCUT2D eigenvalue weighted by atomic mass is 9.98. The van der Waals surface area contributed by atoms with Gasteiger partial charge in [0.05, 0.1) is 6.61 Å². The van der Waals surface area contributed by atoms with Gasteiger partial charge in [-0.15, -0.1) is 6.42 Å². The zero-order valence-electron chi connectivity index (χ0n) is 12.1. The van der Waals surface area contributed by atoms with Crippen LogP contribution in [-0.2, 0) is 4.74 Å². The van der Waals surface area contributed by atoms with Crippen LogP contribution in [0.4, 0.5) is 0 Å². The van der Waals surface area contributed by atoms with Gasteiger partial charge in [0.2, 0.25) is 0 Å². The van der Waals surface area contributed by atoms with Crippen molar-refractivity contribution < 1.29 is 14.1 Å². The van der Waals surface area contributed by atoms with Crippen molar-refractivity contribution in [1.82, 2.24) is 10.1 Å². The van der Waals surface area contributed by atoms with Crippen LogP contribution >= 0.6 is 0 Å². The van der Waals surface area contributed by atoms with Crippen LogP contribution in [0.5, 0.6) is 0 Å². The topological polar surface area (TPSA) is 55.6 Å². The average Bonchev–Trinajstić information content (AvgIpc) is 3.25. The number of terminal acetylenes is 1. The first-order valence-electron chi connectivity index (χ1n) is 7.55. The van der Waals surface area contributed by atoms with E-state index in [0.29, 0.717) is 37.3 Å². The molecule has 112 valence electrons. The van der Waals surface area contributed by atoms with Crippen LogP contribution < -0.4 is 0 Å². The predicted molar refractivity (Wildman–Crippen MR) is 76.8 cm³/mol.